The summed E-state index contributed by atoms with van der Waals surface area (Å²) in [5.41, 5.74) is 1.67. The van der Waals surface area contributed by atoms with Crippen LogP contribution >= 0.6 is 0 Å². The maximum atomic E-state index is 13.3. The van der Waals surface area contributed by atoms with E-state index in [9.17, 15) is 4.79 Å². The van der Waals surface area contributed by atoms with Crippen LogP contribution in [-0.2, 0) is 0 Å². The fourth-order valence-corrected chi connectivity index (χ4v) is 2.82. The molecule has 2 aromatic carbocycles. The summed E-state index contributed by atoms with van der Waals surface area (Å²) >= 11 is 0. The molecule has 7 heteroatoms. The van der Waals surface area contributed by atoms with Crippen LogP contribution < -0.4 is 18.9 Å². The van der Waals surface area contributed by atoms with Crippen molar-refractivity contribution >= 4 is 16.8 Å². The van der Waals surface area contributed by atoms with E-state index < -0.39 is 0 Å². The van der Waals surface area contributed by atoms with Crippen molar-refractivity contribution in [1.82, 2.24) is 9.97 Å². The highest BCUT2D eigenvalue weighted by atomic mass is 16.5. The van der Waals surface area contributed by atoms with E-state index in [1.54, 1.807) is 24.3 Å². The second kappa shape index (κ2) is 9.05. The van der Waals surface area contributed by atoms with Gasteiger partial charge >= 0.3 is 0 Å². The number of hydrogen-bond donors (Lipinski definition) is 0. The Morgan fingerprint density at radius 3 is 2.17 bits per heavy atom. The van der Waals surface area contributed by atoms with Crippen LogP contribution in [0.3, 0.4) is 0 Å². The summed E-state index contributed by atoms with van der Waals surface area (Å²) < 4.78 is 21.8. The van der Waals surface area contributed by atoms with Gasteiger partial charge in [0.15, 0.2) is 17.2 Å². The lowest BCUT2D eigenvalue weighted by Gasteiger charge is -2.14. The van der Waals surface area contributed by atoms with Crippen LogP contribution in [0.25, 0.3) is 11.0 Å². The summed E-state index contributed by atoms with van der Waals surface area (Å²) in [4.78, 5) is 22.3. The predicted octanol–water partition coefficient (Wildman–Crippen LogP) is 3.84. The molecule has 0 aliphatic heterocycles. The molecule has 0 N–H and O–H groups in total. The average Bonchev–Trinajstić information content (AvgIpc) is 2.77. The van der Waals surface area contributed by atoms with Gasteiger partial charge in [-0.2, -0.15) is 0 Å². The minimum Gasteiger partial charge on any atom is -0.493 e. The van der Waals surface area contributed by atoms with E-state index in [1.807, 2.05) is 18.2 Å². The van der Waals surface area contributed by atoms with Gasteiger partial charge in [-0.05, 0) is 30.7 Å². The monoisotopic (exact) mass is 394 g/mol. The molecule has 0 amide bonds. The van der Waals surface area contributed by atoms with E-state index in [-0.39, 0.29) is 17.4 Å². The van der Waals surface area contributed by atoms with E-state index in [2.05, 4.69) is 16.5 Å². The molecular formula is C22H22N2O5. The van der Waals surface area contributed by atoms with Crippen LogP contribution in [-0.4, -0.2) is 43.7 Å². The van der Waals surface area contributed by atoms with Crippen molar-refractivity contribution in [2.45, 2.75) is 6.42 Å². The van der Waals surface area contributed by atoms with Crippen molar-refractivity contribution in [1.29, 1.82) is 0 Å². The molecule has 1 heterocycles. The van der Waals surface area contributed by atoms with Crippen molar-refractivity contribution in [3.05, 3.63) is 60.3 Å². The Morgan fingerprint density at radius 1 is 1.00 bits per heavy atom. The van der Waals surface area contributed by atoms with E-state index in [0.29, 0.717) is 46.9 Å². The minimum atomic E-state index is -0.365. The molecule has 0 aliphatic carbocycles. The standard InChI is InChI=1S/C22H22N2O5/c1-5-6-11-29-22-19(23-15-9-7-8-10-16(15)24-22)20(25)14-12-17(26-2)21(28-4)18(13-14)27-3/h5,7-10,12-13H,1,6,11H2,2-4H3. The number of hydrogen-bond acceptors (Lipinski definition) is 7. The largest absolute Gasteiger partial charge is 0.493 e. The van der Waals surface area contributed by atoms with E-state index >= 15 is 0 Å². The lowest BCUT2D eigenvalue weighted by Crippen LogP contribution is -2.11. The topological polar surface area (TPSA) is 79.8 Å². The number of aromatic nitrogens is 2. The Bertz CT molecular complexity index is 1020. The third-order valence-electron chi connectivity index (χ3n) is 4.24. The number of fused-ring (bicyclic) bond motifs is 1. The second-order valence-electron chi connectivity index (χ2n) is 6.04. The maximum Gasteiger partial charge on any atom is 0.244 e. The molecule has 3 rings (SSSR count). The summed E-state index contributed by atoms with van der Waals surface area (Å²) in [7, 11) is 4.48. The summed E-state index contributed by atoms with van der Waals surface area (Å²) in [6.45, 7) is 4.02. The average molecular weight is 394 g/mol. The number of carbonyl (C=O) groups excluding carboxylic acids is 1. The zero-order chi connectivity index (χ0) is 20.8. The number of para-hydroxylation sites is 2. The molecular weight excluding hydrogens is 372 g/mol. The number of benzene rings is 2. The zero-order valence-corrected chi connectivity index (χ0v) is 16.6. The summed E-state index contributed by atoms with van der Waals surface area (Å²) in [6.07, 6.45) is 2.35. The molecule has 0 bridgehead atoms. The molecule has 0 radical (unpaired) electrons. The van der Waals surface area contributed by atoms with Crippen LogP contribution in [0.2, 0.25) is 0 Å². The minimum absolute atomic E-state index is 0.113. The molecule has 0 fully saturated rings. The quantitative estimate of drug-likeness (QED) is 0.310. The highest BCUT2D eigenvalue weighted by molar-refractivity contribution is 6.10. The highest BCUT2D eigenvalue weighted by Crippen LogP contribution is 2.39. The number of nitrogens with zero attached hydrogens (tertiary/aromatic N) is 2. The molecule has 0 saturated heterocycles. The number of carbonyl (C=O) groups is 1. The Balaban J connectivity index is 2.12. The van der Waals surface area contributed by atoms with Gasteiger partial charge in [0.2, 0.25) is 17.4 Å². The van der Waals surface area contributed by atoms with Gasteiger partial charge in [0.05, 0.1) is 39.0 Å². The first-order valence-corrected chi connectivity index (χ1v) is 8.98. The van der Waals surface area contributed by atoms with Crippen molar-refractivity contribution in [3.63, 3.8) is 0 Å². The van der Waals surface area contributed by atoms with Gasteiger partial charge in [0.25, 0.3) is 0 Å². The summed E-state index contributed by atoms with van der Waals surface area (Å²) in [5.74, 6) is 0.954. The van der Waals surface area contributed by atoms with Gasteiger partial charge in [-0.15, -0.1) is 6.58 Å². The van der Waals surface area contributed by atoms with Gasteiger partial charge < -0.3 is 18.9 Å². The van der Waals surface area contributed by atoms with Crippen LogP contribution in [0.5, 0.6) is 23.1 Å². The fourth-order valence-electron chi connectivity index (χ4n) is 2.82. The van der Waals surface area contributed by atoms with Gasteiger partial charge in [0, 0.05) is 5.56 Å². The maximum absolute atomic E-state index is 13.3. The Kier molecular flexibility index (Phi) is 6.29. The molecule has 0 spiro atoms. The number of ketones is 1. The molecule has 1 aromatic heterocycles. The predicted molar refractivity (Wildman–Crippen MR) is 109 cm³/mol. The third-order valence-corrected chi connectivity index (χ3v) is 4.24. The normalized spacial score (nSPS) is 10.4. The first kappa shape index (κ1) is 20.1. The Labute approximate surface area is 168 Å². The Hall–Kier alpha value is -3.61. The van der Waals surface area contributed by atoms with Gasteiger partial charge in [0.1, 0.15) is 0 Å². The van der Waals surface area contributed by atoms with Crippen LogP contribution in [0.1, 0.15) is 22.5 Å². The molecule has 0 aliphatic rings. The van der Waals surface area contributed by atoms with E-state index in [4.69, 9.17) is 18.9 Å². The lowest BCUT2D eigenvalue weighted by atomic mass is 10.1. The SMILES string of the molecule is C=CCCOc1nc2ccccc2nc1C(=O)c1cc(OC)c(OC)c(OC)c1. The fraction of sp³-hybridized carbons (Fsp3) is 0.227. The molecule has 0 unspecified atom stereocenters. The van der Waals surface area contributed by atoms with E-state index in [1.165, 1.54) is 21.3 Å². The molecule has 0 saturated carbocycles. The second-order valence-corrected chi connectivity index (χ2v) is 6.04. The first-order valence-electron chi connectivity index (χ1n) is 8.98. The van der Waals surface area contributed by atoms with Gasteiger partial charge in [-0.1, -0.05) is 18.2 Å². The van der Waals surface area contributed by atoms with Crippen molar-refractivity contribution < 1.29 is 23.7 Å². The third kappa shape index (κ3) is 4.13. The lowest BCUT2D eigenvalue weighted by molar-refractivity contribution is 0.102. The Morgan fingerprint density at radius 2 is 1.62 bits per heavy atom. The van der Waals surface area contributed by atoms with Gasteiger partial charge in [-0.3, -0.25) is 4.79 Å². The zero-order valence-electron chi connectivity index (χ0n) is 16.6. The number of rotatable bonds is 9. The van der Waals surface area contributed by atoms with Crippen LogP contribution in [0.15, 0.2) is 49.1 Å². The first-order chi connectivity index (χ1) is 14.1. The number of ether oxygens (including phenoxy) is 4. The molecule has 29 heavy (non-hydrogen) atoms. The molecule has 150 valence electrons. The summed E-state index contributed by atoms with van der Waals surface area (Å²) in [6, 6.07) is 10.5. The smallest absolute Gasteiger partial charge is 0.244 e. The van der Waals surface area contributed by atoms with Gasteiger partial charge in [-0.25, -0.2) is 9.97 Å². The molecule has 7 nitrogen and oxygen atoms in total. The highest BCUT2D eigenvalue weighted by Gasteiger charge is 2.23. The van der Waals surface area contributed by atoms with E-state index in [0.717, 1.165) is 0 Å². The van der Waals surface area contributed by atoms with Crippen molar-refractivity contribution in [3.8, 4) is 23.1 Å². The number of methoxy groups -OCH3 is 3. The van der Waals surface area contributed by atoms with Crippen LogP contribution in [0.4, 0.5) is 0 Å². The summed E-state index contributed by atoms with van der Waals surface area (Å²) in [5, 5.41) is 0. The van der Waals surface area contributed by atoms with Crippen molar-refractivity contribution in [2.24, 2.45) is 0 Å². The van der Waals surface area contributed by atoms with Crippen molar-refractivity contribution in [2.75, 3.05) is 27.9 Å². The molecule has 0 atom stereocenters. The van der Waals surface area contributed by atoms with Crippen LogP contribution in [0, 0.1) is 0 Å². The molecule has 3 aromatic rings.